The molecular formula is C43H30S. The standard InChI is InChI=1S/C43H30S/c1-43-27-12-11-24-39(43)44-38-23-13-22-37(42(38)43)41-34-20-9-7-18-32(34)40(33-19-8-10-21-35(33)41)36-26-25-29(28-14-3-2-4-15-28)30-16-5-6-17-31(30)36/h2-27,39H,1H3. The maximum Gasteiger partial charge on any atom is 0.0407 e. The molecule has 1 heteroatoms. The van der Waals surface area contributed by atoms with Crippen molar-refractivity contribution in [3.63, 3.8) is 0 Å². The summed E-state index contributed by atoms with van der Waals surface area (Å²) in [6.07, 6.45) is 9.22. The topological polar surface area (TPSA) is 0 Å². The summed E-state index contributed by atoms with van der Waals surface area (Å²) < 4.78 is 0. The Morgan fingerprint density at radius 3 is 1.68 bits per heavy atom. The van der Waals surface area contributed by atoms with Crippen molar-refractivity contribution >= 4 is 44.1 Å². The van der Waals surface area contributed by atoms with E-state index in [2.05, 4.69) is 165 Å². The third kappa shape index (κ3) is 3.66. The molecule has 7 aromatic carbocycles. The SMILES string of the molecule is CC12C=CC=CC1Sc1cccc(-c3c4ccccc4c(-c4ccc(-c5ccccc5)c5ccccc45)c4ccccc34)c12. The van der Waals surface area contributed by atoms with Gasteiger partial charge in [0.2, 0.25) is 0 Å². The number of allylic oxidation sites excluding steroid dienone is 3. The summed E-state index contributed by atoms with van der Waals surface area (Å²) >= 11 is 2.00. The van der Waals surface area contributed by atoms with Gasteiger partial charge in [-0.2, -0.15) is 0 Å². The van der Waals surface area contributed by atoms with Gasteiger partial charge >= 0.3 is 0 Å². The Bertz CT molecular complexity index is 2270. The van der Waals surface area contributed by atoms with Crippen molar-refractivity contribution in [1.29, 1.82) is 0 Å². The summed E-state index contributed by atoms with van der Waals surface area (Å²) in [6.45, 7) is 2.42. The average molecular weight is 579 g/mol. The molecule has 0 N–H and O–H groups in total. The van der Waals surface area contributed by atoms with E-state index >= 15 is 0 Å². The molecule has 0 aromatic heterocycles. The van der Waals surface area contributed by atoms with E-state index in [1.54, 1.807) is 0 Å². The summed E-state index contributed by atoms with van der Waals surface area (Å²) in [7, 11) is 0. The molecule has 208 valence electrons. The predicted octanol–water partition coefficient (Wildman–Crippen LogP) is 12.0. The van der Waals surface area contributed by atoms with Gasteiger partial charge in [0.25, 0.3) is 0 Å². The lowest BCUT2D eigenvalue weighted by molar-refractivity contribution is 0.622. The second-order valence-electron chi connectivity index (χ2n) is 12.2. The van der Waals surface area contributed by atoms with Gasteiger partial charge in [-0.1, -0.05) is 159 Å². The van der Waals surface area contributed by atoms with Crippen LogP contribution >= 0.6 is 11.8 Å². The highest BCUT2D eigenvalue weighted by atomic mass is 32.2. The van der Waals surface area contributed by atoms with Gasteiger partial charge in [0.05, 0.1) is 0 Å². The Morgan fingerprint density at radius 2 is 1.02 bits per heavy atom. The van der Waals surface area contributed by atoms with E-state index in [0.29, 0.717) is 5.25 Å². The summed E-state index contributed by atoms with van der Waals surface area (Å²) in [5.41, 5.74) is 9.20. The second kappa shape index (κ2) is 9.84. The van der Waals surface area contributed by atoms with Gasteiger partial charge < -0.3 is 0 Å². The molecule has 0 saturated carbocycles. The molecule has 2 unspecified atom stereocenters. The molecule has 0 nitrogen and oxygen atoms in total. The number of benzene rings is 7. The van der Waals surface area contributed by atoms with Crippen molar-refractivity contribution in [3.05, 3.63) is 163 Å². The van der Waals surface area contributed by atoms with Crippen LogP contribution in [0.4, 0.5) is 0 Å². The van der Waals surface area contributed by atoms with Crippen LogP contribution in [0, 0.1) is 0 Å². The summed E-state index contributed by atoms with van der Waals surface area (Å²) in [5, 5.41) is 8.17. The van der Waals surface area contributed by atoms with Crippen molar-refractivity contribution in [1.82, 2.24) is 0 Å². The zero-order valence-corrected chi connectivity index (χ0v) is 25.3. The highest BCUT2D eigenvalue weighted by Gasteiger charge is 2.43. The van der Waals surface area contributed by atoms with Gasteiger partial charge in [0, 0.05) is 15.6 Å². The van der Waals surface area contributed by atoms with E-state index in [0.717, 1.165) is 0 Å². The van der Waals surface area contributed by atoms with E-state index in [1.165, 1.54) is 76.2 Å². The maximum atomic E-state index is 2.42. The zero-order valence-electron chi connectivity index (χ0n) is 24.5. The average Bonchev–Trinajstić information content (AvgIpc) is 3.40. The number of hydrogen-bond donors (Lipinski definition) is 0. The van der Waals surface area contributed by atoms with Gasteiger partial charge in [-0.15, -0.1) is 11.8 Å². The molecule has 9 rings (SSSR count). The Kier molecular flexibility index (Phi) is 5.73. The first-order valence-electron chi connectivity index (χ1n) is 15.4. The monoisotopic (exact) mass is 578 g/mol. The first-order chi connectivity index (χ1) is 21.7. The van der Waals surface area contributed by atoms with Crippen LogP contribution in [0.25, 0.3) is 65.7 Å². The van der Waals surface area contributed by atoms with Crippen LogP contribution in [0.3, 0.4) is 0 Å². The highest BCUT2D eigenvalue weighted by Crippen LogP contribution is 2.57. The van der Waals surface area contributed by atoms with Gasteiger partial charge in [-0.25, -0.2) is 0 Å². The predicted molar refractivity (Wildman–Crippen MR) is 191 cm³/mol. The van der Waals surface area contributed by atoms with Crippen LogP contribution in [0.5, 0.6) is 0 Å². The Hall–Kier alpha value is -4.85. The normalized spacial score (nSPS) is 18.6. The smallest absolute Gasteiger partial charge is 0.0407 e. The minimum atomic E-state index is -0.0459. The molecule has 2 atom stereocenters. The highest BCUT2D eigenvalue weighted by molar-refractivity contribution is 8.00. The molecule has 0 spiro atoms. The van der Waals surface area contributed by atoms with Crippen molar-refractivity contribution in [2.24, 2.45) is 0 Å². The molecular weight excluding hydrogens is 549 g/mol. The summed E-state index contributed by atoms with van der Waals surface area (Å²) in [5.74, 6) is 0. The Labute approximate surface area is 262 Å². The largest absolute Gasteiger partial charge is 0.117 e. The van der Waals surface area contributed by atoms with Gasteiger partial charge in [-0.3, -0.25) is 0 Å². The third-order valence-corrected chi connectivity index (χ3v) is 11.2. The van der Waals surface area contributed by atoms with Crippen LogP contribution in [-0.2, 0) is 5.41 Å². The second-order valence-corrected chi connectivity index (χ2v) is 13.3. The quantitative estimate of drug-likeness (QED) is 0.188. The lowest BCUT2D eigenvalue weighted by Crippen LogP contribution is -2.28. The van der Waals surface area contributed by atoms with Crippen molar-refractivity contribution in [2.75, 3.05) is 0 Å². The van der Waals surface area contributed by atoms with Gasteiger partial charge in [0.1, 0.15) is 0 Å². The molecule has 0 fully saturated rings. The fourth-order valence-corrected chi connectivity index (χ4v) is 9.22. The number of fused-ring (bicyclic) bond motifs is 6. The van der Waals surface area contributed by atoms with Crippen LogP contribution in [0.2, 0.25) is 0 Å². The molecule has 0 bridgehead atoms. The van der Waals surface area contributed by atoms with E-state index in [4.69, 9.17) is 0 Å². The number of rotatable bonds is 3. The van der Waals surface area contributed by atoms with Crippen LogP contribution in [0.15, 0.2) is 163 Å². The van der Waals surface area contributed by atoms with E-state index in [1.807, 2.05) is 11.8 Å². The van der Waals surface area contributed by atoms with E-state index in [9.17, 15) is 0 Å². The van der Waals surface area contributed by atoms with Crippen LogP contribution < -0.4 is 0 Å². The minimum Gasteiger partial charge on any atom is -0.117 e. The molecule has 0 amide bonds. The minimum absolute atomic E-state index is 0.0459. The van der Waals surface area contributed by atoms with Crippen molar-refractivity contribution in [3.8, 4) is 33.4 Å². The van der Waals surface area contributed by atoms with Gasteiger partial charge in [-0.05, 0) is 77.3 Å². The summed E-state index contributed by atoms with van der Waals surface area (Å²) in [4.78, 5) is 1.39. The number of hydrogen-bond acceptors (Lipinski definition) is 1. The molecule has 1 aliphatic carbocycles. The lowest BCUT2D eigenvalue weighted by Gasteiger charge is -2.31. The molecule has 0 radical (unpaired) electrons. The number of thioether (sulfide) groups is 1. The zero-order chi connectivity index (χ0) is 29.3. The summed E-state index contributed by atoms with van der Waals surface area (Å²) in [6, 6.07) is 49.3. The third-order valence-electron chi connectivity index (χ3n) is 9.73. The van der Waals surface area contributed by atoms with E-state index < -0.39 is 0 Å². The van der Waals surface area contributed by atoms with Crippen LogP contribution in [-0.4, -0.2) is 5.25 Å². The van der Waals surface area contributed by atoms with E-state index in [-0.39, 0.29) is 5.41 Å². The molecule has 2 aliphatic rings. The molecule has 7 aromatic rings. The maximum absolute atomic E-state index is 2.42. The molecule has 0 saturated heterocycles. The molecule has 1 heterocycles. The lowest BCUT2D eigenvalue weighted by atomic mass is 9.73. The Balaban J connectivity index is 1.38. The van der Waals surface area contributed by atoms with Crippen molar-refractivity contribution < 1.29 is 0 Å². The fourth-order valence-electron chi connectivity index (χ4n) is 7.73. The Morgan fingerprint density at radius 1 is 0.477 bits per heavy atom. The van der Waals surface area contributed by atoms with Crippen molar-refractivity contribution in [2.45, 2.75) is 22.5 Å². The first kappa shape index (κ1) is 25.6. The first-order valence-corrected chi connectivity index (χ1v) is 16.3. The van der Waals surface area contributed by atoms with Crippen LogP contribution in [0.1, 0.15) is 12.5 Å². The van der Waals surface area contributed by atoms with Gasteiger partial charge in [0.15, 0.2) is 0 Å². The molecule has 44 heavy (non-hydrogen) atoms. The molecule has 1 aliphatic heterocycles. The fraction of sp³-hybridized carbons (Fsp3) is 0.0698.